The minimum Gasteiger partial charge on any atom is -0.358 e. The molecular formula is C13H18N4O. The van der Waals surface area contributed by atoms with Gasteiger partial charge in [0.1, 0.15) is 5.82 Å². The molecule has 5 nitrogen and oxygen atoms in total. The Hall–Kier alpha value is -1.88. The molecule has 2 N–H and O–H groups in total. The highest BCUT2D eigenvalue weighted by Crippen LogP contribution is 2.15. The van der Waals surface area contributed by atoms with Gasteiger partial charge in [0, 0.05) is 13.6 Å². The molecule has 2 rings (SSSR count). The summed E-state index contributed by atoms with van der Waals surface area (Å²) in [6, 6.07) is 8.06. The van der Waals surface area contributed by atoms with Crippen LogP contribution in [0.2, 0.25) is 0 Å². The molecular weight excluding hydrogens is 228 g/mol. The summed E-state index contributed by atoms with van der Waals surface area (Å²) in [5.74, 6) is 0.941. The van der Waals surface area contributed by atoms with Crippen LogP contribution in [0.1, 0.15) is 12.7 Å². The summed E-state index contributed by atoms with van der Waals surface area (Å²) in [7, 11) is 1.63. The second-order valence-electron chi connectivity index (χ2n) is 4.04. The molecule has 2 aromatic rings. The summed E-state index contributed by atoms with van der Waals surface area (Å²) in [5.41, 5.74) is 2.13. The molecule has 5 heteroatoms. The standard InChI is InChI=1S/C13H18N4O/c1-3-17-11-7-5-4-6-10(11)16-12(17)8-15-9-13(18)14-2/h4-7,15H,3,8-9H2,1-2H3,(H,14,18). The summed E-state index contributed by atoms with van der Waals surface area (Å²) in [5, 5.41) is 5.67. The van der Waals surface area contributed by atoms with Crippen LogP contribution < -0.4 is 10.6 Å². The summed E-state index contributed by atoms with van der Waals surface area (Å²) in [6.45, 7) is 3.87. The van der Waals surface area contributed by atoms with Crippen molar-refractivity contribution in [1.82, 2.24) is 20.2 Å². The minimum absolute atomic E-state index is 0.0193. The van der Waals surface area contributed by atoms with Crippen LogP contribution in [0, 0.1) is 0 Å². The van der Waals surface area contributed by atoms with Crippen molar-refractivity contribution in [2.24, 2.45) is 0 Å². The fourth-order valence-electron chi connectivity index (χ4n) is 1.99. The lowest BCUT2D eigenvalue weighted by Crippen LogP contribution is -2.31. The molecule has 0 aliphatic heterocycles. The maximum absolute atomic E-state index is 11.1. The van der Waals surface area contributed by atoms with Gasteiger partial charge in [-0.1, -0.05) is 12.1 Å². The first-order chi connectivity index (χ1) is 8.76. The number of carbonyl (C=O) groups is 1. The van der Waals surface area contributed by atoms with E-state index in [1.54, 1.807) is 7.05 Å². The van der Waals surface area contributed by atoms with Crippen LogP contribution >= 0.6 is 0 Å². The number of likely N-dealkylation sites (N-methyl/N-ethyl adjacent to an activating group) is 1. The van der Waals surface area contributed by atoms with E-state index in [1.165, 1.54) is 0 Å². The zero-order valence-electron chi connectivity index (χ0n) is 10.7. The fourth-order valence-corrected chi connectivity index (χ4v) is 1.99. The molecule has 96 valence electrons. The lowest BCUT2D eigenvalue weighted by Gasteiger charge is -2.06. The molecule has 18 heavy (non-hydrogen) atoms. The monoisotopic (exact) mass is 246 g/mol. The summed E-state index contributed by atoms with van der Waals surface area (Å²) in [6.07, 6.45) is 0. The summed E-state index contributed by atoms with van der Waals surface area (Å²) >= 11 is 0. The van der Waals surface area contributed by atoms with Gasteiger partial charge in [0.2, 0.25) is 5.91 Å². The fraction of sp³-hybridized carbons (Fsp3) is 0.385. The maximum atomic E-state index is 11.1. The van der Waals surface area contributed by atoms with Gasteiger partial charge < -0.3 is 15.2 Å². The van der Waals surface area contributed by atoms with Crippen LogP contribution in [0.4, 0.5) is 0 Å². The molecule has 1 heterocycles. The Labute approximate surface area is 106 Å². The number of aromatic nitrogens is 2. The third-order valence-electron chi connectivity index (χ3n) is 2.90. The Morgan fingerprint density at radius 2 is 2.17 bits per heavy atom. The number of fused-ring (bicyclic) bond motifs is 1. The van der Waals surface area contributed by atoms with Crippen LogP contribution in [0.25, 0.3) is 11.0 Å². The van der Waals surface area contributed by atoms with Gasteiger partial charge in [-0.2, -0.15) is 0 Å². The van der Waals surface area contributed by atoms with Gasteiger partial charge in [-0.3, -0.25) is 4.79 Å². The van der Waals surface area contributed by atoms with E-state index in [1.807, 2.05) is 18.2 Å². The molecule has 1 amide bonds. The van der Waals surface area contributed by atoms with Gasteiger partial charge in [0.25, 0.3) is 0 Å². The van der Waals surface area contributed by atoms with Crippen molar-refractivity contribution in [3.05, 3.63) is 30.1 Å². The highest BCUT2D eigenvalue weighted by molar-refractivity contribution is 5.77. The smallest absolute Gasteiger partial charge is 0.233 e. The van der Waals surface area contributed by atoms with Crippen LogP contribution in [0.15, 0.2) is 24.3 Å². The third kappa shape index (κ3) is 2.51. The average Bonchev–Trinajstić information content (AvgIpc) is 2.75. The second-order valence-corrected chi connectivity index (χ2v) is 4.04. The Bertz CT molecular complexity index is 547. The van der Waals surface area contributed by atoms with Crippen LogP contribution in [0.5, 0.6) is 0 Å². The number of rotatable bonds is 5. The zero-order valence-corrected chi connectivity index (χ0v) is 10.7. The van der Waals surface area contributed by atoms with Crippen molar-refractivity contribution < 1.29 is 4.79 Å². The van der Waals surface area contributed by atoms with E-state index < -0.39 is 0 Å². The number of amides is 1. The number of nitrogens with one attached hydrogen (secondary N) is 2. The molecule has 0 fully saturated rings. The van der Waals surface area contributed by atoms with E-state index in [0.29, 0.717) is 13.1 Å². The lowest BCUT2D eigenvalue weighted by molar-refractivity contribution is -0.119. The first kappa shape index (κ1) is 12.6. The SMILES string of the molecule is CCn1c(CNCC(=O)NC)nc2ccccc21. The Kier molecular flexibility index (Phi) is 3.94. The van der Waals surface area contributed by atoms with Crippen molar-refractivity contribution >= 4 is 16.9 Å². The Balaban J connectivity index is 2.15. The maximum Gasteiger partial charge on any atom is 0.233 e. The first-order valence-electron chi connectivity index (χ1n) is 6.11. The van der Waals surface area contributed by atoms with Crippen LogP contribution in [-0.4, -0.2) is 29.1 Å². The van der Waals surface area contributed by atoms with Crippen molar-refractivity contribution in [2.75, 3.05) is 13.6 Å². The van der Waals surface area contributed by atoms with Gasteiger partial charge >= 0.3 is 0 Å². The number of hydrogen-bond donors (Lipinski definition) is 2. The Morgan fingerprint density at radius 1 is 1.39 bits per heavy atom. The average molecular weight is 246 g/mol. The van der Waals surface area contributed by atoms with E-state index >= 15 is 0 Å². The largest absolute Gasteiger partial charge is 0.358 e. The van der Waals surface area contributed by atoms with E-state index in [2.05, 4.69) is 33.2 Å². The van der Waals surface area contributed by atoms with Crippen molar-refractivity contribution in [3.8, 4) is 0 Å². The molecule has 0 radical (unpaired) electrons. The first-order valence-corrected chi connectivity index (χ1v) is 6.11. The summed E-state index contributed by atoms with van der Waals surface area (Å²) < 4.78 is 2.16. The number of hydrogen-bond acceptors (Lipinski definition) is 3. The molecule has 0 aliphatic carbocycles. The predicted molar refractivity (Wildman–Crippen MR) is 71.2 cm³/mol. The molecule has 0 spiro atoms. The van der Waals surface area contributed by atoms with Crippen molar-refractivity contribution in [1.29, 1.82) is 0 Å². The number of aryl methyl sites for hydroxylation is 1. The lowest BCUT2D eigenvalue weighted by atomic mass is 10.3. The van der Waals surface area contributed by atoms with E-state index in [0.717, 1.165) is 23.4 Å². The quantitative estimate of drug-likeness (QED) is 0.824. The molecule has 0 unspecified atom stereocenters. The van der Waals surface area contributed by atoms with E-state index in [-0.39, 0.29) is 5.91 Å². The van der Waals surface area contributed by atoms with E-state index in [4.69, 9.17) is 0 Å². The van der Waals surface area contributed by atoms with Gasteiger partial charge in [-0.15, -0.1) is 0 Å². The third-order valence-corrected chi connectivity index (χ3v) is 2.90. The highest BCUT2D eigenvalue weighted by atomic mass is 16.1. The molecule has 0 bridgehead atoms. The second kappa shape index (κ2) is 5.64. The van der Waals surface area contributed by atoms with E-state index in [9.17, 15) is 4.79 Å². The molecule has 1 aromatic carbocycles. The number of para-hydroxylation sites is 2. The van der Waals surface area contributed by atoms with Crippen molar-refractivity contribution in [2.45, 2.75) is 20.0 Å². The number of benzene rings is 1. The highest BCUT2D eigenvalue weighted by Gasteiger charge is 2.08. The molecule has 0 atom stereocenters. The van der Waals surface area contributed by atoms with Gasteiger partial charge in [-0.05, 0) is 19.1 Å². The van der Waals surface area contributed by atoms with Crippen LogP contribution in [0.3, 0.4) is 0 Å². The van der Waals surface area contributed by atoms with Crippen molar-refractivity contribution in [3.63, 3.8) is 0 Å². The Morgan fingerprint density at radius 3 is 2.89 bits per heavy atom. The molecule has 0 aliphatic rings. The minimum atomic E-state index is -0.0193. The molecule has 0 saturated heterocycles. The number of carbonyl (C=O) groups excluding carboxylic acids is 1. The number of imidazole rings is 1. The molecule has 0 saturated carbocycles. The molecule has 1 aromatic heterocycles. The van der Waals surface area contributed by atoms with Gasteiger partial charge in [0.15, 0.2) is 0 Å². The van der Waals surface area contributed by atoms with Gasteiger partial charge in [0.05, 0.1) is 24.1 Å². The normalized spacial score (nSPS) is 10.8. The topological polar surface area (TPSA) is 59.0 Å². The zero-order chi connectivity index (χ0) is 13.0. The summed E-state index contributed by atoms with van der Waals surface area (Å²) in [4.78, 5) is 15.7. The van der Waals surface area contributed by atoms with Gasteiger partial charge in [-0.25, -0.2) is 4.98 Å². The number of nitrogens with zero attached hydrogens (tertiary/aromatic N) is 2. The van der Waals surface area contributed by atoms with Crippen LogP contribution in [-0.2, 0) is 17.9 Å². The predicted octanol–water partition coefficient (Wildman–Crippen LogP) is 0.892.